The van der Waals surface area contributed by atoms with Crippen LogP contribution >= 0.6 is 11.6 Å². The van der Waals surface area contributed by atoms with Gasteiger partial charge in [-0.2, -0.15) is 0 Å². The van der Waals surface area contributed by atoms with Gasteiger partial charge in [0.15, 0.2) is 0 Å². The van der Waals surface area contributed by atoms with Crippen LogP contribution in [0, 0.1) is 0 Å². The minimum atomic E-state index is -3.65. The Hall–Kier alpha value is -1.70. The second-order valence-electron chi connectivity index (χ2n) is 3.75. The number of sulfonamides is 1. The first-order valence-corrected chi connectivity index (χ1v) is 7.59. The summed E-state index contributed by atoms with van der Waals surface area (Å²) in [6, 6.07) is 9.13. The number of nitrogens with one attached hydrogen (secondary N) is 1. The number of nitrogens with zero attached hydrogens (tertiary/aromatic N) is 2. The maximum Gasteiger partial charge on any atom is 0.243 e. The van der Waals surface area contributed by atoms with Gasteiger partial charge in [0.2, 0.25) is 15.3 Å². The summed E-state index contributed by atoms with van der Waals surface area (Å²) in [6.07, 6.45) is 2.30. The van der Waals surface area contributed by atoms with Crippen LogP contribution < -0.4 is 9.46 Å². The van der Waals surface area contributed by atoms with E-state index in [1.54, 1.807) is 12.1 Å². The van der Waals surface area contributed by atoms with Crippen LogP contribution in [-0.4, -0.2) is 31.5 Å². The Morgan fingerprint density at radius 1 is 1.15 bits per heavy atom. The van der Waals surface area contributed by atoms with Crippen LogP contribution in [0.4, 0.5) is 0 Å². The Bertz CT molecular complexity index is 647. The second-order valence-corrected chi connectivity index (χ2v) is 5.85. The molecule has 1 heterocycles. The highest BCUT2D eigenvalue weighted by molar-refractivity contribution is 7.89. The van der Waals surface area contributed by atoms with Gasteiger partial charge in [-0.3, -0.25) is 0 Å². The van der Waals surface area contributed by atoms with Crippen LogP contribution in [-0.2, 0) is 10.0 Å². The molecule has 1 aromatic carbocycles. The van der Waals surface area contributed by atoms with Crippen molar-refractivity contribution in [1.29, 1.82) is 0 Å². The lowest BCUT2D eigenvalue weighted by Crippen LogP contribution is -2.28. The predicted octanol–water partition coefficient (Wildman–Crippen LogP) is 1.49. The summed E-state index contributed by atoms with van der Waals surface area (Å²) >= 11 is 5.50. The highest BCUT2D eigenvalue weighted by Crippen LogP contribution is 2.09. The zero-order valence-electron chi connectivity index (χ0n) is 10.4. The summed E-state index contributed by atoms with van der Waals surface area (Å²) in [5.74, 6) is 0.682. The molecule has 0 atom stereocenters. The number of ether oxygens (including phenoxy) is 1. The van der Waals surface area contributed by atoms with E-state index in [9.17, 15) is 8.42 Å². The van der Waals surface area contributed by atoms with Gasteiger partial charge in [0, 0.05) is 6.54 Å². The van der Waals surface area contributed by atoms with E-state index in [4.69, 9.17) is 16.3 Å². The molecule has 8 heteroatoms. The van der Waals surface area contributed by atoms with E-state index in [0.717, 1.165) is 12.4 Å². The van der Waals surface area contributed by atoms with Crippen LogP contribution in [0.1, 0.15) is 0 Å². The van der Waals surface area contributed by atoms with Crippen molar-refractivity contribution in [2.24, 2.45) is 0 Å². The molecule has 1 N–H and O–H groups in total. The molecule has 0 aliphatic heterocycles. The smallest absolute Gasteiger partial charge is 0.243 e. The minimum Gasteiger partial charge on any atom is -0.492 e. The average Bonchev–Trinajstić information content (AvgIpc) is 2.45. The quantitative estimate of drug-likeness (QED) is 0.645. The third-order valence-electron chi connectivity index (χ3n) is 2.31. The van der Waals surface area contributed by atoms with E-state index >= 15 is 0 Å². The molecule has 20 heavy (non-hydrogen) atoms. The van der Waals surface area contributed by atoms with Crippen molar-refractivity contribution in [2.75, 3.05) is 13.2 Å². The largest absolute Gasteiger partial charge is 0.492 e. The van der Waals surface area contributed by atoms with Gasteiger partial charge in [-0.1, -0.05) is 18.2 Å². The van der Waals surface area contributed by atoms with Gasteiger partial charge in [0.05, 0.1) is 12.4 Å². The molecule has 0 amide bonds. The molecule has 106 valence electrons. The van der Waals surface area contributed by atoms with Gasteiger partial charge in [-0.05, 0) is 23.7 Å². The standard InChI is InChI=1S/C12H12ClN3O3S/c13-12-14-8-11(9-15-12)20(17,18)16-6-7-19-10-4-2-1-3-5-10/h1-5,8-9,16H,6-7H2. The number of para-hydroxylation sites is 1. The van der Waals surface area contributed by atoms with Crippen molar-refractivity contribution in [3.8, 4) is 5.75 Å². The summed E-state index contributed by atoms with van der Waals surface area (Å²) in [5.41, 5.74) is 0. The van der Waals surface area contributed by atoms with Crippen molar-refractivity contribution in [3.05, 3.63) is 48.0 Å². The number of benzene rings is 1. The fourth-order valence-electron chi connectivity index (χ4n) is 1.38. The highest BCUT2D eigenvalue weighted by Gasteiger charge is 2.14. The molecule has 6 nitrogen and oxygen atoms in total. The van der Waals surface area contributed by atoms with E-state index in [-0.39, 0.29) is 23.3 Å². The highest BCUT2D eigenvalue weighted by atomic mass is 35.5. The van der Waals surface area contributed by atoms with Gasteiger partial charge in [0.1, 0.15) is 17.3 Å². The van der Waals surface area contributed by atoms with Crippen molar-refractivity contribution in [1.82, 2.24) is 14.7 Å². The zero-order valence-corrected chi connectivity index (χ0v) is 11.9. The third kappa shape index (κ3) is 4.16. The molecular formula is C12H12ClN3O3S. The van der Waals surface area contributed by atoms with E-state index in [2.05, 4.69) is 14.7 Å². The molecule has 0 fully saturated rings. The van der Waals surface area contributed by atoms with E-state index < -0.39 is 10.0 Å². The Morgan fingerprint density at radius 3 is 2.45 bits per heavy atom. The summed E-state index contributed by atoms with van der Waals surface area (Å²) < 4.78 is 31.5. The summed E-state index contributed by atoms with van der Waals surface area (Å²) in [7, 11) is -3.65. The fraction of sp³-hybridized carbons (Fsp3) is 0.167. The first kappa shape index (κ1) is 14.7. The van der Waals surface area contributed by atoms with Crippen molar-refractivity contribution >= 4 is 21.6 Å². The Morgan fingerprint density at radius 2 is 1.80 bits per heavy atom. The van der Waals surface area contributed by atoms with Crippen molar-refractivity contribution in [2.45, 2.75) is 4.90 Å². The maximum atomic E-state index is 11.9. The van der Waals surface area contributed by atoms with E-state index in [1.807, 2.05) is 18.2 Å². The monoisotopic (exact) mass is 313 g/mol. The summed E-state index contributed by atoms with van der Waals surface area (Å²) in [4.78, 5) is 7.21. The lowest BCUT2D eigenvalue weighted by Gasteiger charge is -2.08. The van der Waals surface area contributed by atoms with Gasteiger partial charge in [-0.25, -0.2) is 23.1 Å². The molecule has 2 rings (SSSR count). The van der Waals surface area contributed by atoms with E-state index in [1.165, 1.54) is 0 Å². The lowest BCUT2D eigenvalue weighted by molar-refractivity contribution is 0.323. The molecule has 0 spiro atoms. The van der Waals surface area contributed by atoms with E-state index in [0.29, 0.717) is 5.75 Å². The summed E-state index contributed by atoms with van der Waals surface area (Å²) in [5, 5.41) is -0.00337. The Kier molecular flexibility index (Phi) is 4.89. The molecular weight excluding hydrogens is 302 g/mol. The van der Waals surface area contributed by atoms with Crippen LogP contribution in [0.3, 0.4) is 0 Å². The number of hydrogen-bond acceptors (Lipinski definition) is 5. The van der Waals surface area contributed by atoms with Gasteiger partial charge < -0.3 is 4.74 Å². The lowest BCUT2D eigenvalue weighted by atomic mass is 10.3. The number of hydrogen-bond donors (Lipinski definition) is 1. The number of halogens is 1. The van der Waals surface area contributed by atoms with Gasteiger partial charge in [0.25, 0.3) is 0 Å². The van der Waals surface area contributed by atoms with Crippen molar-refractivity contribution in [3.63, 3.8) is 0 Å². The van der Waals surface area contributed by atoms with Gasteiger partial charge in [-0.15, -0.1) is 0 Å². The number of rotatable bonds is 6. The molecule has 0 unspecified atom stereocenters. The Labute approximate surface area is 121 Å². The molecule has 2 aromatic rings. The normalized spacial score (nSPS) is 11.2. The molecule has 1 aromatic heterocycles. The number of aromatic nitrogens is 2. The second kappa shape index (κ2) is 6.65. The molecule has 0 saturated heterocycles. The predicted molar refractivity (Wildman–Crippen MR) is 74.2 cm³/mol. The summed E-state index contributed by atoms with van der Waals surface area (Å²) in [6.45, 7) is 0.359. The SMILES string of the molecule is O=S(=O)(NCCOc1ccccc1)c1cnc(Cl)nc1. The Balaban J connectivity index is 1.85. The van der Waals surface area contributed by atoms with Gasteiger partial charge >= 0.3 is 0 Å². The molecule has 0 radical (unpaired) electrons. The molecule has 0 aliphatic carbocycles. The van der Waals surface area contributed by atoms with Crippen LogP contribution in [0.2, 0.25) is 5.28 Å². The maximum absolute atomic E-state index is 11.9. The average molecular weight is 314 g/mol. The minimum absolute atomic E-state index is 0.00337. The van der Waals surface area contributed by atoms with Crippen molar-refractivity contribution < 1.29 is 13.2 Å². The van der Waals surface area contributed by atoms with Crippen LogP contribution in [0.5, 0.6) is 5.75 Å². The first-order chi connectivity index (χ1) is 9.58. The fourth-order valence-corrected chi connectivity index (χ4v) is 2.38. The molecule has 0 aliphatic rings. The molecule has 0 bridgehead atoms. The third-order valence-corrected chi connectivity index (χ3v) is 3.92. The zero-order chi connectivity index (χ0) is 14.4. The first-order valence-electron chi connectivity index (χ1n) is 5.73. The van der Waals surface area contributed by atoms with Crippen LogP contribution in [0.25, 0.3) is 0 Å². The van der Waals surface area contributed by atoms with Crippen LogP contribution in [0.15, 0.2) is 47.6 Å². The molecule has 0 saturated carbocycles. The topological polar surface area (TPSA) is 81.2 Å².